The molecule has 0 aromatic heterocycles. The van der Waals surface area contributed by atoms with Gasteiger partial charge in [-0.3, -0.25) is 4.90 Å². The van der Waals surface area contributed by atoms with E-state index in [4.69, 9.17) is 8.92 Å². The number of nitrogens with zero attached hydrogens (tertiary/aromatic N) is 1. The van der Waals surface area contributed by atoms with Gasteiger partial charge >= 0.3 is 0 Å². The van der Waals surface area contributed by atoms with Crippen LogP contribution in [0.25, 0.3) is 0 Å². The van der Waals surface area contributed by atoms with E-state index in [2.05, 4.69) is 21.9 Å². The summed E-state index contributed by atoms with van der Waals surface area (Å²) in [5.41, 5.74) is 4.64. The fourth-order valence-electron chi connectivity index (χ4n) is 4.54. The highest BCUT2D eigenvalue weighted by Crippen LogP contribution is 2.44. The van der Waals surface area contributed by atoms with Crippen molar-refractivity contribution in [2.45, 2.75) is 30.3 Å². The molecule has 2 heterocycles. The molecule has 0 amide bonds. The smallest absolute Gasteiger partial charge is 0.240 e. The van der Waals surface area contributed by atoms with E-state index in [-0.39, 0.29) is 11.8 Å². The Labute approximate surface area is 183 Å². The van der Waals surface area contributed by atoms with E-state index in [1.807, 2.05) is 30.3 Å². The average molecular weight is 438 g/mol. The number of ether oxygens (including phenoxy) is 1. The van der Waals surface area contributed by atoms with Crippen LogP contribution in [0, 0.1) is 0 Å². The van der Waals surface area contributed by atoms with Crippen molar-refractivity contribution in [2.75, 3.05) is 13.7 Å². The van der Waals surface area contributed by atoms with Crippen LogP contribution in [0.15, 0.2) is 65.6 Å². The van der Waals surface area contributed by atoms with Gasteiger partial charge in [-0.25, -0.2) is 9.47 Å². The van der Waals surface area contributed by atoms with Crippen LogP contribution in [0.2, 0.25) is 0 Å². The molecule has 5 rings (SSSR count). The molecule has 0 radical (unpaired) electrons. The average Bonchev–Trinajstić information content (AvgIpc) is 2.83. The van der Waals surface area contributed by atoms with Crippen molar-refractivity contribution in [2.24, 2.45) is 0 Å². The van der Waals surface area contributed by atoms with Crippen molar-refractivity contribution >= 4 is 11.1 Å². The second-order valence-corrected chi connectivity index (χ2v) is 8.87. The first-order valence-corrected chi connectivity index (χ1v) is 11.3. The van der Waals surface area contributed by atoms with Crippen LogP contribution in [0.3, 0.4) is 0 Å². The van der Waals surface area contributed by atoms with Gasteiger partial charge in [0.05, 0.1) is 12.0 Å². The fraction of sp³-hybridized carbons (Fsp3) is 0.250. The molecule has 0 fully saturated rings. The first-order chi connectivity index (χ1) is 15.2. The Morgan fingerprint density at radius 1 is 1.06 bits per heavy atom. The lowest BCUT2D eigenvalue weighted by Gasteiger charge is -2.41. The molecule has 0 saturated carbocycles. The maximum absolute atomic E-state index is 12.8. The molecule has 0 bridgehead atoms. The molecular weight excluding hydrogens is 414 g/mol. The van der Waals surface area contributed by atoms with Crippen LogP contribution < -0.4 is 13.8 Å². The van der Waals surface area contributed by atoms with E-state index in [1.165, 1.54) is 11.1 Å². The molecule has 2 aliphatic heterocycles. The minimum absolute atomic E-state index is 0.170. The van der Waals surface area contributed by atoms with Crippen LogP contribution >= 0.6 is 0 Å². The summed E-state index contributed by atoms with van der Waals surface area (Å²) in [5.74, 6) is 1.39. The van der Waals surface area contributed by atoms with E-state index in [0.29, 0.717) is 17.2 Å². The number of benzene rings is 3. The number of fused-ring (bicyclic) bond motifs is 4. The first kappa shape index (κ1) is 20.1. The quantitative estimate of drug-likeness (QED) is 0.474. The number of hydrogen-bond donors (Lipinski definition) is 1. The molecule has 3 aromatic rings. The van der Waals surface area contributed by atoms with Crippen LogP contribution in [-0.4, -0.2) is 28.0 Å². The molecule has 0 spiro atoms. The second kappa shape index (κ2) is 8.34. The summed E-state index contributed by atoms with van der Waals surface area (Å²) in [5, 5.41) is 9.41. The summed E-state index contributed by atoms with van der Waals surface area (Å²) in [6.45, 7) is 1.53. The molecule has 2 aliphatic rings. The molecule has 1 N–H and O–H groups in total. The lowest BCUT2D eigenvalue weighted by atomic mass is 9.83. The molecule has 3 aromatic carbocycles. The molecule has 2 unspecified atom stereocenters. The van der Waals surface area contributed by atoms with Crippen molar-refractivity contribution in [3.05, 3.63) is 82.9 Å². The largest absolute Gasteiger partial charge is 0.497 e. The van der Waals surface area contributed by atoms with Crippen molar-refractivity contribution in [1.29, 1.82) is 0 Å². The van der Waals surface area contributed by atoms with E-state index in [1.54, 1.807) is 25.3 Å². The van der Waals surface area contributed by atoms with E-state index in [0.717, 1.165) is 36.3 Å². The van der Waals surface area contributed by atoms with Gasteiger partial charge < -0.3 is 13.8 Å². The Morgan fingerprint density at radius 3 is 2.68 bits per heavy atom. The van der Waals surface area contributed by atoms with Crippen molar-refractivity contribution < 1.29 is 23.3 Å². The number of hydrogen-bond acceptors (Lipinski definition) is 6. The summed E-state index contributed by atoms with van der Waals surface area (Å²) >= 11 is -1.72. The summed E-state index contributed by atoms with van der Waals surface area (Å²) in [4.78, 5) is 7.53. The van der Waals surface area contributed by atoms with Crippen LogP contribution in [0.1, 0.15) is 28.3 Å². The Morgan fingerprint density at radius 2 is 1.90 bits per heavy atom. The second-order valence-electron chi connectivity index (χ2n) is 7.76. The van der Waals surface area contributed by atoms with Crippen molar-refractivity contribution in [3.63, 3.8) is 0 Å². The zero-order valence-electron chi connectivity index (χ0n) is 17.1. The maximum atomic E-state index is 12.8. The molecule has 6 nitrogen and oxygen atoms in total. The molecule has 0 aliphatic carbocycles. The first-order valence-electron chi connectivity index (χ1n) is 10.2. The SMILES string of the molecule is COc1ccc2c(c1)CCN1Cc3c(ccc(OO)c3OS(=O)c3ccccc3)CC21. The summed E-state index contributed by atoms with van der Waals surface area (Å²) < 4.78 is 24.0. The minimum atomic E-state index is -1.72. The van der Waals surface area contributed by atoms with E-state index >= 15 is 0 Å². The number of methoxy groups -OCH3 is 1. The fourth-order valence-corrected chi connectivity index (χ4v) is 5.35. The van der Waals surface area contributed by atoms with Gasteiger partial charge in [-0.15, -0.1) is 0 Å². The maximum Gasteiger partial charge on any atom is 0.240 e. The molecule has 160 valence electrons. The Hall–Kier alpha value is -2.87. The topological polar surface area (TPSA) is 68.2 Å². The van der Waals surface area contributed by atoms with Gasteiger partial charge in [0.15, 0.2) is 5.75 Å². The highest BCUT2D eigenvalue weighted by atomic mass is 32.2. The highest BCUT2D eigenvalue weighted by molar-refractivity contribution is 7.80. The van der Waals surface area contributed by atoms with Gasteiger partial charge in [0.25, 0.3) is 0 Å². The Kier molecular flexibility index (Phi) is 5.40. The van der Waals surface area contributed by atoms with Crippen molar-refractivity contribution in [1.82, 2.24) is 4.90 Å². The van der Waals surface area contributed by atoms with E-state index in [9.17, 15) is 9.47 Å². The summed E-state index contributed by atoms with van der Waals surface area (Å²) in [7, 11) is 1.69. The normalized spacial score (nSPS) is 18.3. The predicted octanol–water partition coefficient (Wildman–Crippen LogP) is 4.30. The Bertz CT molecular complexity index is 1130. The summed E-state index contributed by atoms with van der Waals surface area (Å²) in [6, 6.07) is 19.2. The minimum Gasteiger partial charge on any atom is -0.497 e. The van der Waals surface area contributed by atoms with Crippen LogP contribution in [0.4, 0.5) is 0 Å². The van der Waals surface area contributed by atoms with Crippen LogP contribution in [-0.2, 0) is 30.5 Å². The van der Waals surface area contributed by atoms with Gasteiger partial charge in [0.2, 0.25) is 16.8 Å². The Balaban J connectivity index is 1.50. The molecule has 2 atom stereocenters. The van der Waals surface area contributed by atoms with Crippen molar-refractivity contribution in [3.8, 4) is 17.2 Å². The molecular formula is C24H23NO5S. The van der Waals surface area contributed by atoms with Gasteiger partial charge in [-0.1, -0.05) is 30.3 Å². The molecule has 0 saturated heterocycles. The van der Waals surface area contributed by atoms with Gasteiger partial charge in [-0.2, -0.15) is 0 Å². The third-order valence-corrected chi connectivity index (χ3v) is 7.08. The zero-order chi connectivity index (χ0) is 21.4. The summed E-state index contributed by atoms with van der Waals surface area (Å²) in [6.07, 6.45) is 1.73. The van der Waals surface area contributed by atoms with E-state index < -0.39 is 11.1 Å². The third kappa shape index (κ3) is 3.69. The van der Waals surface area contributed by atoms with Crippen LogP contribution in [0.5, 0.6) is 17.2 Å². The zero-order valence-corrected chi connectivity index (χ0v) is 17.9. The highest BCUT2D eigenvalue weighted by Gasteiger charge is 2.35. The third-order valence-electron chi connectivity index (χ3n) is 6.11. The van der Waals surface area contributed by atoms with Gasteiger partial charge in [-0.05, 0) is 59.9 Å². The van der Waals surface area contributed by atoms with Gasteiger partial charge in [0.1, 0.15) is 5.75 Å². The standard InChI is InChI=1S/C24H23NO5S/c1-28-18-8-9-20-17(13-18)11-12-25-15-21-16(14-22(20)25)7-10-23(29-26)24(21)30-31(27)19-5-3-2-4-6-19/h2-10,13,22,26H,11-12,14-15H2,1H3. The number of rotatable bonds is 5. The van der Waals surface area contributed by atoms with Gasteiger partial charge in [0, 0.05) is 24.7 Å². The monoisotopic (exact) mass is 437 g/mol. The molecule has 31 heavy (non-hydrogen) atoms. The lowest BCUT2D eigenvalue weighted by Crippen LogP contribution is -2.39. The lowest BCUT2D eigenvalue weighted by molar-refractivity contribution is -0.138. The molecule has 7 heteroatoms. The predicted molar refractivity (Wildman–Crippen MR) is 117 cm³/mol.